The highest BCUT2D eigenvalue weighted by molar-refractivity contribution is 5.01. The lowest BCUT2D eigenvalue weighted by Crippen LogP contribution is -2.44. The van der Waals surface area contributed by atoms with Crippen LogP contribution in [0.4, 0.5) is 0 Å². The van der Waals surface area contributed by atoms with Crippen molar-refractivity contribution in [3.63, 3.8) is 0 Å². The van der Waals surface area contributed by atoms with Gasteiger partial charge in [0.2, 0.25) is 0 Å². The smallest absolute Gasteiger partial charge is 0.0277 e. The van der Waals surface area contributed by atoms with Crippen LogP contribution in [-0.2, 0) is 0 Å². The monoisotopic (exact) mass is 1130 g/mol. The van der Waals surface area contributed by atoms with Crippen LogP contribution in [0.25, 0.3) is 0 Å². The first-order valence-corrected chi connectivity index (χ1v) is 38.8. The molecule has 474 valence electrons. The Labute approximate surface area is 514 Å². The molecule has 0 amide bonds. The maximum Gasteiger partial charge on any atom is -0.0277 e. The fourth-order valence-corrected chi connectivity index (χ4v) is 23.7. The van der Waals surface area contributed by atoms with E-state index in [0.717, 1.165) is 128 Å². The van der Waals surface area contributed by atoms with Crippen molar-refractivity contribution >= 4 is 0 Å². The van der Waals surface area contributed by atoms with Crippen LogP contribution in [-0.4, -0.2) is 0 Å². The molecule has 22 saturated carbocycles. The number of rotatable bonds is 1. The maximum atomic E-state index is 2.57. The molecule has 0 radical (unpaired) electrons. The number of hydrogen-bond acceptors (Lipinski definition) is 0. The van der Waals surface area contributed by atoms with Crippen LogP contribution >= 0.6 is 0 Å². The quantitative estimate of drug-likeness (QED) is 0.245. The first-order valence-electron chi connectivity index (χ1n) is 38.8. The summed E-state index contributed by atoms with van der Waals surface area (Å²) >= 11 is 0. The molecule has 22 aliphatic carbocycles. The molecule has 22 aliphatic rings. The van der Waals surface area contributed by atoms with E-state index in [4.69, 9.17) is 0 Å². The van der Waals surface area contributed by atoms with Crippen LogP contribution in [0.1, 0.15) is 379 Å². The second-order valence-electron chi connectivity index (χ2n) is 39.4. The summed E-state index contributed by atoms with van der Waals surface area (Å²) in [5, 5.41) is 0. The van der Waals surface area contributed by atoms with Crippen LogP contribution in [0.3, 0.4) is 0 Å². The Morgan fingerprint density at radius 2 is 0.683 bits per heavy atom. The van der Waals surface area contributed by atoms with Crippen molar-refractivity contribution in [3.8, 4) is 0 Å². The van der Waals surface area contributed by atoms with Crippen LogP contribution in [0.2, 0.25) is 0 Å². The standard InChI is InChI=1S/C13H24.2C11H18.2C9H16.2C8H14.C8H16.C5H10/c1-13(10-6-3-7-11-13)12-8-4-2-5-9-12;1-11-5-8-2-9(6-11)4-10(3-8)7-11;1-7-10-3-8-2-9(5-10)6-11(7)4-8;1-9-5-2-8(3-6-9)4-7-9;1-7-6-8-2-4-9(7)5-3-8;1-8-4-2-7(6-8)3-5-8;1-6-4-7-2-3-8(6)5-7;1-7(2,3)8(4)5-6-8;1-5(2)3-4-5/h12H,2-11H2,1H3;8-10H,2-7H2,1H3;7-11H,2-6H2,1H3;8H,2-7H2,1H3;7-9H,2-6H2,1H3;7H,2-6H2,1H3;6-8H,2-5H2,1H3;5-6H2,1-4H3;3-4H2,1-2H3/t;;;;7-,8?,9?;;6-,7?,8?;;/m....0.0../s1. The van der Waals surface area contributed by atoms with Crippen molar-refractivity contribution in [1.82, 2.24) is 0 Å². The Bertz CT molecular complexity index is 1810. The molecule has 0 N–H and O–H groups in total. The second kappa shape index (κ2) is 27.2. The van der Waals surface area contributed by atoms with Crippen LogP contribution in [0.15, 0.2) is 0 Å². The largest absolute Gasteiger partial charge is 0.0622 e. The van der Waals surface area contributed by atoms with Gasteiger partial charge < -0.3 is 0 Å². The van der Waals surface area contributed by atoms with Gasteiger partial charge in [-0.15, -0.1) is 0 Å². The third-order valence-corrected chi connectivity index (χ3v) is 30.7. The van der Waals surface area contributed by atoms with E-state index in [1.165, 1.54) is 154 Å². The normalized spacial score (nSPS) is 46.5. The minimum atomic E-state index is 0.549. The topological polar surface area (TPSA) is 0 Å². The zero-order valence-corrected chi connectivity index (χ0v) is 58.1. The molecule has 4 atom stereocenters. The molecule has 0 aromatic carbocycles. The molecule has 0 saturated heterocycles. The Kier molecular flexibility index (Phi) is 21.6. The second-order valence-corrected chi connectivity index (χ2v) is 39.4. The van der Waals surface area contributed by atoms with Gasteiger partial charge in [0.25, 0.3) is 0 Å². The van der Waals surface area contributed by atoms with Crippen molar-refractivity contribution in [2.24, 2.45) is 139 Å². The zero-order chi connectivity index (χ0) is 58.1. The lowest BCUT2D eigenvalue weighted by Gasteiger charge is -2.55. The van der Waals surface area contributed by atoms with Gasteiger partial charge in [0.15, 0.2) is 0 Å². The van der Waals surface area contributed by atoms with E-state index in [-0.39, 0.29) is 0 Å². The summed E-state index contributed by atoms with van der Waals surface area (Å²) in [6.45, 7) is 31.4. The van der Waals surface area contributed by atoms with Crippen LogP contribution < -0.4 is 0 Å². The van der Waals surface area contributed by atoms with Crippen molar-refractivity contribution in [3.05, 3.63) is 0 Å². The van der Waals surface area contributed by atoms with E-state index >= 15 is 0 Å². The Morgan fingerprint density at radius 1 is 0.280 bits per heavy atom. The highest BCUT2D eigenvalue weighted by atomic mass is 14.6. The third kappa shape index (κ3) is 17.7. The van der Waals surface area contributed by atoms with Gasteiger partial charge >= 0.3 is 0 Å². The summed E-state index contributed by atoms with van der Waals surface area (Å²) in [6.07, 6.45) is 69.2. The molecule has 0 heterocycles. The zero-order valence-electron chi connectivity index (χ0n) is 58.1. The Balaban J connectivity index is 0.000000104. The first-order chi connectivity index (χ1) is 38.8. The molecule has 0 heteroatoms. The van der Waals surface area contributed by atoms with Gasteiger partial charge in [-0.25, -0.2) is 0 Å². The van der Waals surface area contributed by atoms with Gasteiger partial charge in [0.1, 0.15) is 0 Å². The van der Waals surface area contributed by atoms with Crippen molar-refractivity contribution in [2.45, 2.75) is 379 Å². The molecule has 22 fully saturated rings. The lowest BCUT2D eigenvalue weighted by atomic mass is 9.50. The van der Waals surface area contributed by atoms with Gasteiger partial charge in [-0.05, 0) is 370 Å². The molecule has 82 heavy (non-hydrogen) atoms. The molecule has 0 nitrogen and oxygen atoms in total. The lowest BCUT2D eigenvalue weighted by molar-refractivity contribution is -0.0411. The fourth-order valence-electron chi connectivity index (χ4n) is 23.7. The summed E-state index contributed by atoms with van der Waals surface area (Å²) in [5.41, 5.74) is 5.13. The summed E-state index contributed by atoms with van der Waals surface area (Å²) in [7, 11) is 0. The van der Waals surface area contributed by atoms with Crippen LogP contribution in [0, 0.1) is 139 Å². The first kappa shape index (κ1) is 65.0. The Hall–Kier alpha value is 0. The van der Waals surface area contributed by atoms with Gasteiger partial charge in [0, 0.05) is 0 Å². The predicted molar refractivity (Wildman–Crippen MR) is 358 cm³/mol. The van der Waals surface area contributed by atoms with E-state index in [2.05, 4.69) is 90.0 Å². The summed E-state index contributed by atoms with van der Waals surface area (Å²) in [4.78, 5) is 0. The molecule has 2 unspecified atom stereocenters. The average Bonchev–Trinajstić information content (AvgIpc) is 4.16. The van der Waals surface area contributed by atoms with E-state index < -0.39 is 0 Å². The number of fused-ring (bicyclic) bond motifs is 10. The van der Waals surface area contributed by atoms with Gasteiger partial charge in [0.05, 0.1) is 0 Å². The molecule has 0 aliphatic heterocycles. The molecular formula is C82H146. The maximum absolute atomic E-state index is 2.57. The number of hydrogen-bond donors (Lipinski definition) is 0. The minimum absolute atomic E-state index is 0.549. The van der Waals surface area contributed by atoms with E-state index in [9.17, 15) is 0 Å². The summed E-state index contributed by atoms with van der Waals surface area (Å²) < 4.78 is 0. The van der Waals surface area contributed by atoms with E-state index in [0.29, 0.717) is 10.8 Å². The minimum Gasteiger partial charge on any atom is -0.0622 e. The molecule has 16 bridgehead atoms. The van der Waals surface area contributed by atoms with Gasteiger partial charge in [-0.1, -0.05) is 148 Å². The van der Waals surface area contributed by atoms with E-state index in [1.807, 2.05) is 0 Å². The predicted octanol–water partition coefficient (Wildman–Crippen LogP) is 26.3. The molecule has 0 aromatic rings. The molecule has 0 spiro atoms. The Morgan fingerprint density at radius 3 is 0.963 bits per heavy atom. The highest BCUT2D eigenvalue weighted by Crippen LogP contribution is 2.61. The SMILES string of the molecule is CC(C)(C)C1(C)CC1.CC1(C)CC1.CC1(C2CCCCC2)CCCCC1.CC12CC3CC(CC(C3)C1)C2.CC12CCC(CC1)C2.CC12CCC(CC1)CC2.CC1C2CC3CC(C2)CC1C3.C[C@H]1CC2CCC1C2.C[C@H]1CC2CCC1CC2. The third-order valence-electron chi connectivity index (χ3n) is 30.7. The van der Waals surface area contributed by atoms with E-state index in [1.54, 1.807) is 135 Å². The highest BCUT2D eigenvalue weighted by Gasteiger charge is 2.50. The van der Waals surface area contributed by atoms with Crippen molar-refractivity contribution < 1.29 is 0 Å². The van der Waals surface area contributed by atoms with Crippen molar-refractivity contribution in [2.75, 3.05) is 0 Å². The molecule has 0 aromatic heterocycles. The summed E-state index contributed by atoms with van der Waals surface area (Å²) in [5.74, 6) is 19.2. The van der Waals surface area contributed by atoms with Gasteiger partial charge in [-0.3, -0.25) is 0 Å². The molecular weight excluding hydrogens is 985 g/mol. The van der Waals surface area contributed by atoms with Gasteiger partial charge in [-0.2, -0.15) is 0 Å². The fraction of sp³-hybridized carbons (Fsp3) is 1.00. The van der Waals surface area contributed by atoms with Crippen molar-refractivity contribution in [1.29, 1.82) is 0 Å². The summed E-state index contributed by atoms with van der Waals surface area (Å²) in [6, 6.07) is 0. The molecule has 22 rings (SSSR count). The average molecular weight is 1130 g/mol. The van der Waals surface area contributed by atoms with Crippen LogP contribution in [0.5, 0.6) is 0 Å².